The summed E-state index contributed by atoms with van der Waals surface area (Å²) in [6.45, 7) is 3.92. The van der Waals surface area contributed by atoms with Gasteiger partial charge >= 0.3 is 0 Å². The highest BCUT2D eigenvalue weighted by atomic mass is 16.2. The Bertz CT molecular complexity index is 442. The second kappa shape index (κ2) is 7.04. The molecule has 102 valence electrons. The van der Waals surface area contributed by atoms with Crippen LogP contribution in [0.1, 0.15) is 43.0 Å². The molecule has 1 aliphatic rings. The van der Waals surface area contributed by atoms with E-state index in [1.165, 1.54) is 18.4 Å². The first-order chi connectivity index (χ1) is 9.29. The summed E-state index contributed by atoms with van der Waals surface area (Å²) in [6.07, 6.45) is 10.1. The Morgan fingerprint density at radius 1 is 1.53 bits per heavy atom. The number of amides is 1. The molecule has 1 amide bonds. The van der Waals surface area contributed by atoms with Gasteiger partial charge in [0.2, 0.25) is 0 Å². The Balaban J connectivity index is 1.87. The van der Waals surface area contributed by atoms with Gasteiger partial charge in [-0.2, -0.15) is 0 Å². The van der Waals surface area contributed by atoms with Crippen molar-refractivity contribution in [2.75, 3.05) is 13.1 Å². The minimum Gasteiger partial charge on any atom is -0.284 e. The average Bonchev–Trinajstić information content (AvgIpc) is 2.46. The highest BCUT2D eigenvalue weighted by Gasteiger charge is 2.15. The Labute approximate surface area is 114 Å². The Kier molecular flexibility index (Phi) is 5.10. The molecule has 2 heterocycles. The van der Waals surface area contributed by atoms with E-state index in [1.54, 1.807) is 24.5 Å². The van der Waals surface area contributed by atoms with Crippen LogP contribution in [0.25, 0.3) is 0 Å². The number of nitrogens with zero attached hydrogens (tertiary/aromatic N) is 2. The zero-order valence-corrected chi connectivity index (χ0v) is 11.4. The molecule has 0 fully saturated rings. The zero-order valence-electron chi connectivity index (χ0n) is 11.4. The van der Waals surface area contributed by atoms with E-state index < -0.39 is 0 Å². The number of hydrogen-bond donors (Lipinski definition) is 1. The van der Waals surface area contributed by atoms with Gasteiger partial charge in [-0.1, -0.05) is 25.0 Å². The van der Waals surface area contributed by atoms with Crippen molar-refractivity contribution >= 4 is 5.91 Å². The van der Waals surface area contributed by atoms with Crippen LogP contribution in [0.3, 0.4) is 0 Å². The van der Waals surface area contributed by atoms with Crippen molar-refractivity contribution < 1.29 is 4.79 Å². The standard InChI is InChI=1S/C15H21N3O/c1-2-3-6-13-7-5-10-18(12-13)17-15(19)14-8-4-9-16-11-14/h4,7-9,11H,2-3,5-6,10,12H2,1H3,(H,17,19). The Hall–Kier alpha value is -1.68. The smallest absolute Gasteiger partial charge is 0.267 e. The molecule has 1 aromatic rings. The molecular weight excluding hydrogens is 238 g/mol. The molecule has 4 nitrogen and oxygen atoms in total. The number of pyridine rings is 1. The first kappa shape index (κ1) is 13.7. The lowest BCUT2D eigenvalue weighted by atomic mass is 10.0. The first-order valence-electron chi connectivity index (χ1n) is 6.93. The molecular formula is C15H21N3O. The lowest BCUT2D eigenvalue weighted by molar-refractivity contribution is 0.0797. The van der Waals surface area contributed by atoms with Gasteiger partial charge in [0.15, 0.2) is 0 Å². The largest absolute Gasteiger partial charge is 0.284 e. The van der Waals surface area contributed by atoms with Crippen LogP contribution in [0, 0.1) is 0 Å². The Morgan fingerprint density at radius 2 is 2.42 bits per heavy atom. The number of unbranched alkanes of at least 4 members (excludes halogenated alkanes) is 1. The van der Waals surface area contributed by atoms with E-state index in [1.807, 2.05) is 5.01 Å². The SMILES string of the molecule is CCCCC1=CCCN(NC(=O)c2cccnc2)C1. The third kappa shape index (κ3) is 4.17. The van der Waals surface area contributed by atoms with Gasteiger partial charge in [0.1, 0.15) is 0 Å². The molecule has 0 saturated carbocycles. The molecule has 19 heavy (non-hydrogen) atoms. The van der Waals surface area contributed by atoms with E-state index in [9.17, 15) is 4.79 Å². The average molecular weight is 259 g/mol. The van der Waals surface area contributed by atoms with Crippen LogP contribution in [-0.4, -0.2) is 29.0 Å². The predicted octanol–water partition coefficient (Wildman–Crippen LogP) is 2.55. The molecule has 0 radical (unpaired) electrons. The van der Waals surface area contributed by atoms with Gasteiger partial charge in [0.05, 0.1) is 5.56 Å². The number of rotatable bonds is 5. The van der Waals surface area contributed by atoms with Crippen molar-refractivity contribution in [3.05, 3.63) is 41.7 Å². The summed E-state index contributed by atoms with van der Waals surface area (Å²) >= 11 is 0. The third-order valence-corrected chi connectivity index (χ3v) is 3.26. The number of hydrazine groups is 1. The fraction of sp³-hybridized carbons (Fsp3) is 0.467. The summed E-state index contributed by atoms with van der Waals surface area (Å²) in [4.78, 5) is 16.0. The van der Waals surface area contributed by atoms with Gasteiger partial charge in [0, 0.05) is 25.5 Å². The second-order valence-corrected chi connectivity index (χ2v) is 4.86. The lowest BCUT2D eigenvalue weighted by Gasteiger charge is -2.27. The fourth-order valence-electron chi connectivity index (χ4n) is 2.20. The van der Waals surface area contributed by atoms with E-state index in [0.717, 1.165) is 25.9 Å². The zero-order chi connectivity index (χ0) is 13.5. The molecule has 0 unspecified atom stereocenters. The molecule has 0 atom stereocenters. The molecule has 1 aliphatic heterocycles. The highest BCUT2D eigenvalue weighted by molar-refractivity contribution is 5.93. The van der Waals surface area contributed by atoms with Gasteiger partial charge in [0.25, 0.3) is 5.91 Å². The molecule has 0 aromatic carbocycles. The van der Waals surface area contributed by atoms with Crippen LogP contribution in [0.2, 0.25) is 0 Å². The Morgan fingerprint density at radius 3 is 3.16 bits per heavy atom. The molecule has 0 saturated heterocycles. The molecule has 4 heteroatoms. The van der Waals surface area contributed by atoms with Gasteiger partial charge in [-0.3, -0.25) is 15.2 Å². The minimum absolute atomic E-state index is 0.0789. The summed E-state index contributed by atoms with van der Waals surface area (Å²) in [7, 11) is 0. The van der Waals surface area contributed by atoms with E-state index >= 15 is 0 Å². The van der Waals surface area contributed by atoms with Crippen LogP contribution in [0.15, 0.2) is 36.2 Å². The first-order valence-corrected chi connectivity index (χ1v) is 6.93. The quantitative estimate of drug-likeness (QED) is 0.827. The van der Waals surface area contributed by atoms with Crippen LogP contribution in [-0.2, 0) is 0 Å². The summed E-state index contributed by atoms with van der Waals surface area (Å²) in [5, 5.41) is 2.00. The second-order valence-electron chi connectivity index (χ2n) is 4.86. The van der Waals surface area contributed by atoms with Gasteiger partial charge < -0.3 is 0 Å². The molecule has 2 rings (SSSR count). The normalized spacial score (nSPS) is 15.9. The van der Waals surface area contributed by atoms with Crippen molar-refractivity contribution in [1.29, 1.82) is 0 Å². The van der Waals surface area contributed by atoms with Crippen LogP contribution in [0.5, 0.6) is 0 Å². The summed E-state index contributed by atoms with van der Waals surface area (Å²) < 4.78 is 0. The van der Waals surface area contributed by atoms with E-state index in [4.69, 9.17) is 0 Å². The topological polar surface area (TPSA) is 45.2 Å². The van der Waals surface area contributed by atoms with Crippen LogP contribution < -0.4 is 5.43 Å². The summed E-state index contributed by atoms with van der Waals surface area (Å²) in [5.41, 5.74) is 4.99. The lowest BCUT2D eigenvalue weighted by Crippen LogP contribution is -2.45. The van der Waals surface area contributed by atoms with E-state index in [2.05, 4.69) is 23.4 Å². The van der Waals surface area contributed by atoms with Crippen molar-refractivity contribution in [3.8, 4) is 0 Å². The maximum Gasteiger partial charge on any atom is 0.267 e. The van der Waals surface area contributed by atoms with Gasteiger partial charge in [-0.25, -0.2) is 5.01 Å². The van der Waals surface area contributed by atoms with Crippen LogP contribution >= 0.6 is 0 Å². The third-order valence-electron chi connectivity index (χ3n) is 3.26. The monoisotopic (exact) mass is 259 g/mol. The number of nitrogens with one attached hydrogen (secondary N) is 1. The molecule has 1 aromatic heterocycles. The van der Waals surface area contributed by atoms with Crippen molar-refractivity contribution in [2.45, 2.75) is 32.6 Å². The van der Waals surface area contributed by atoms with Gasteiger partial charge in [-0.05, 0) is 31.4 Å². The molecule has 0 bridgehead atoms. The number of aromatic nitrogens is 1. The number of hydrogen-bond acceptors (Lipinski definition) is 3. The van der Waals surface area contributed by atoms with E-state index in [-0.39, 0.29) is 5.91 Å². The highest BCUT2D eigenvalue weighted by Crippen LogP contribution is 2.14. The molecule has 0 aliphatic carbocycles. The van der Waals surface area contributed by atoms with Crippen molar-refractivity contribution in [2.24, 2.45) is 0 Å². The van der Waals surface area contributed by atoms with E-state index in [0.29, 0.717) is 5.56 Å². The summed E-state index contributed by atoms with van der Waals surface area (Å²) in [6, 6.07) is 3.55. The predicted molar refractivity (Wildman–Crippen MR) is 75.5 cm³/mol. The number of carbonyl (C=O) groups is 1. The molecule has 0 spiro atoms. The van der Waals surface area contributed by atoms with Crippen LogP contribution in [0.4, 0.5) is 0 Å². The summed E-state index contributed by atoms with van der Waals surface area (Å²) in [5.74, 6) is -0.0789. The maximum absolute atomic E-state index is 12.0. The number of carbonyl (C=O) groups excluding carboxylic acids is 1. The molecule has 1 N–H and O–H groups in total. The van der Waals surface area contributed by atoms with Crippen molar-refractivity contribution in [3.63, 3.8) is 0 Å². The minimum atomic E-state index is -0.0789. The van der Waals surface area contributed by atoms with Crippen molar-refractivity contribution in [1.82, 2.24) is 15.4 Å². The van der Waals surface area contributed by atoms with Gasteiger partial charge in [-0.15, -0.1) is 0 Å². The maximum atomic E-state index is 12.0. The fourth-order valence-corrected chi connectivity index (χ4v) is 2.20.